The van der Waals surface area contributed by atoms with Crippen LogP contribution >= 0.6 is 0 Å². The zero-order chi connectivity index (χ0) is 20.4. The Kier molecular flexibility index (Phi) is 8.12. The Hall–Kier alpha value is -3.24. The highest BCUT2D eigenvalue weighted by atomic mass is 16.6. The summed E-state index contributed by atoms with van der Waals surface area (Å²) < 4.78 is 10.8. The molecule has 150 valence electrons. The largest absolute Gasteiger partial charge is 0.379 e. The van der Waals surface area contributed by atoms with E-state index in [0.29, 0.717) is 31.2 Å². The van der Waals surface area contributed by atoms with Gasteiger partial charge in [-0.05, 0) is 31.2 Å². The lowest BCUT2D eigenvalue weighted by Crippen LogP contribution is -2.34. The maximum Gasteiger partial charge on any atom is 0.269 e. The van der Waals surface area contributed by atoms with E-state index in [-0.39, 0.29) is 24.1 Å². The maximum absolute atomic E-state index is 10.8. The average Bonchev–Trinajstić information content (AvgIpc) is 2.68. The quantitative estimate of drug-likeness (QED) is 0.244. The minimum atomic E-state index is -0.465. The van der Waals surface area contributed by atoms with E-state index in [4.69, 9.17) is 9.47 Å². The summed E-state index contributed by atoms with van der Waals surface area (Å²) in [6.07, 6.45) is -0.371. The van der Waals surface area contributed by atoms with Crippen LogP contribution < -0.4 is 10.6 Å². The molecule has 0 aromatic heterocycles. The molecule has 0 aliphatic heterocycles. The van der Waals surface area contributed by atoms with E-state index in [1.54, 1.807) is 24.3 Å². The zero-order valence-electron chi connectivity index (χ0n) is 15.4. The summed E-state index contributed by atoms with van der Waals surface area (Å²) in [6, 6.07) is 12.0. The van der Waals surface area contributed by atoms with Gasteiger partial charge in [0.1, 0.15) is 6.17 Å². The number of nitro groups is 2. The molecule has 0 aliphatic rings. The van der Waals surface area contributed by atoms with Gasteiger partial charge in [-0.3, -0.25) is 20.2 Å². The highest BCUT2D eigenvalue weighted by molar-refractivity contribution is 5.53. The van der Waals surface area contributed by atoms with Crippen molar-refractivity contribution in [3.05, 3.63) is 68.8 Å². The fraction of sp³-hybridized carbons (Fsp3) is 0.333. The average molecular weight is 390 g/mol. The summed E-state index contributed by atoms with van der Waals surface area (Å²) in [5, 5.41) is 27.9. The molecule has 0 aliphatic carbocycles. The molecular weight excluding hydrogens is 368 g/mol. The van der Waals surface area contributed by atoms with Gasteiger partial charge in [-0.2, -0.15) is 0 Å². The highest BCUT2D eigenvalue weighted by Gasteiger charge is 2.12. The third kappa shape index (κ3) is 6.82. The van der Waals surface area contributed by atoms with Crippen LogP contribution in [0.15, 0.2) is 48.5 Å². The number of non-ortho nitro benzene ring substituents is 2. The molecule has 0 heterocycles. The van der Waals surface area contributed by atoms with Gasteiger partial charge in [0.2, 0.25) is 0 Å². The fourth-order valence-electron chi connectivity index (χ4n) is 2.34. The van der Waals surface area contributed by atoms with Gasteiger partial charge in [0, 0.05) is 42.2 Å². The van der Waals surface area contributed by atoms with E-state index in [0.717, 1.165) is 0 Å². The third-order valence-corrected chi connectivity index (χ3v) is 3.70. The molecule has 28 heavy (non-hydrogen) atoms. The number of rotatable bonds is 12. The molecule has 0 atom stereocenters. The number of nitrogens with zero attached hydrogens (tertiary/aromatic N) is 2. The van der Waals surface area contributed by atoms with Crippen LogP contribution in [0, 0.1) is 20.2 Å². The number of anilines is 2. The van der Waals surface area contributed by atoms with Crippen LogP contribution in [0.5, 0.6) is 0 Å². The van der Waals surface area contributed by atoms with Gasteiger partial charge in [0.05, 0.1) is 29.7 Å². The second kappa shape index (κ2) is 10.8. The van der Waals surface area contributed by atoms with Crippen LogP contribution in [0.1, 0.15) is 6.92 Å². The van der Waals surface area contributed by atoms with Crippen molar-refractivity contribution in [2.24, 2.45) is 0 Å². The molecule has 2 rings (SSSR count). The first kappa shape index (κ1) is 21.1. The second-order valence-corrected chi connectivity index (χ2v) is 5.72. The van der Waals surface area contributed by atoms with Crippen molar-refractivity contribution < 1.29 is 19.3 Å². The standard InChI is InChI=1S/C18H22N4O6/c1-2-27-11-12-28-13-18(19-14-3-7-16(8-4-14)21(23)24)20-15-5-9-17(10-6-15)22(25)26/h3-10,18-20H,2,11-13H2,1H3. The van der Waals surface area contributed by atoms with E-state index < -0.39 is 9.85 Å². The van der Waals surface area contributed by atoms with Gasteiger partial charge < -0.3 is 20.1 Å². The molecule has 10 heteroatoms. The SMILES string of the molecule is CCOCCOCC(Nc1ccc([N+](=O)[O-])cc1)Nc1ccc([N+](=O)[O-])cc1. The van der Waals surface area contributed by atoms with Gasteiger partial charge in [-0.25, -0.2) is 0 Å². The first-order valence-corrected chi connectivity index (χ1v) is 8.67. The molecule has 2 aromatic carbocycles. The Balaban J connectivity index is 2.02. The number of nitro benzene ring substituents is 2. The predicted molar refractivity (Wildman–Crippen MR) is 105 cm³/mol. The van der Waals surface area contributed by atoms with E-state index in [1.165, 1.54) is 24.3 Å². The van der Waals surface area contributed by atoms with Crippen molar-refractivity contribution in [2.45, 2.75) is 13.1 Å². The molecule has 0 bridgehead atoms. The smallest absolute Gasteiger partial charge is 0.269 e. The fourth-order valence-corrected chi connectivity index (χ4v) is 2.34. The Bertz CT molecular complexity index is 707. The molecule has 10 nitrogen and oxygen atoms in total. The summed E-state index contributed by atoms with van der Waals surface area (Å²) in [5.41, 5.74) is 1.33. The monoisotopic (exact) mass is 390 g/mol. The predicted octanol–water partition coefficient (Wildman–Crippen LogP) is 3.41. The summed E-state index contributed by atoms with van der Waals surface area (Å²) in [4.78, 5) is 20.6. The Labute approximate surface area is 161 Å². The van der Waals surface area contributed by atoms with Crippen LogP contribution in [-0.2, 0) is 9.47 Å². The minimum absolute atomic E-state index is 0.00149. The zero-order valence-corrected chi connectivity index (χ0v) is 15.4. The van der Waals surface area contributed by atoms with Gasteiger partial charge in [-0.15, -0.1) is 0 Å². The summed E-state index contributed by atoms with van der Waals surface area (Å²) in [7, 11) is 0. The molecule has 0 saturated heterocycles. The first-order valence-electron chi connectivity index (χ1n) is 8.67. The number of hydrogen-bond acceptors (Lipinski definition) is 8. The molecule has 0 spiro atoms. The summed E-state index contributed by atoms with van der Waals surface area (Å²) >= 11 is 0. The minimum Gasteiger partial charge on any atom is -0.379 e. The van der Waals surface area contributed by atoms with Crippen LogP contribution in [0.4, 0.5) is 22.7 Å². The second-order valence-electron chi connectivity index (χ2n) is 5.72. The van der Waals surface area contributed by atoms with Gasteiger partial charge in [-0.1, -0.05) is 0 Å². The van der Waals surface area contributed by atoms with Crippen LogP contribution in [-0.4, -0.2) is 42.4 Å². The van der Waals surface area contributed by atoms with Crippen LogP contribution in [0.25, 0.3) is 0 Å². The lowest BCUT2D eigenvalue weighted by atomic mass is 10.2. The lowest BCUT2D eigenvalue weighted by Gasteiger charge is -2.22. The summed E-state index contributed by atoms with van der Waals surface area (Å²) in [5.74, 6) is 0. The van der Waals surface area contributed by atoms with E-state index in [1.807, 2.05) is 6.92 Å². The van der Waals surface area contributed by atoms with Gasteiger partial charge >= 0.3 is 0 Å². The van der Waals surface area contributed by atoms with Crippen LogP contribution in [0.2, 0.25) is 0 Å². The first-order chi connectivity index (χ1) is 13.5. The third-order valence-electron chi connectivity index (χ3n) is 3.70. The Morgan fingerprint density at radius 2 is 1.25 bits per heavy atom. The van der Waals surface area contributed by atoms with E-state index in [2.05, 4.69) is 10.6 Å². The van der Waals surface area contributed by atoms with Crippen molar-refractivity contribution in [3.8, 4) is 0 Å². The van der Waals surface area contributed by atoms with Crippen molar-refractivity contribution in [1.82, 2.24) is 0 Å². The molecule has 2 N–H and O–H groups in total. The molecule has 0 unspecified atom stereocenters. The molecule has 0 radical (unpaired) electrons. The highest BCUT2D eigenvalue weighted by Crippen LogP contribution is 2.19. The Morgan fingerprint density at radius 3 is 1.64 bits per heavy atom. The molecule has 0 amide bonds. The lowest BCUT2D eigenvalue weighted by molar-refractivity contribution is -0.385. The van der Waals surface area contributed by atoms with E-state index >= 15 is 0 Å². The molecule has 2 aromatic rings. The normalized spacial score (nSPS) is 10.6. The van der Waals surface area contributed by atoms with Gasteiger partial charge in [0.15, 0.2) is 0 Å². The number of ether oxygens (including phenoxy) is 2. The van der Waals surface area contributed by atoms with Crippen molar-refractivity contribution in [1.29, 1.82) is 0 Å². The number of nitrogens with one attached hydrogen (secondary N) is 2. The van der Waals surface area contributed by atoms with Crippen molar-refractivity contribution in [2.75, 3.05) is 37.1 Å². The maximum atomic E-state index is 10.8. The number of benzene rings is 2. The van der Waals surface area contributed by atoms with Crippen molar-refractivity contribution in [3.63, 3.8) is 0 Å². The topological polar surface area (TPSA) is 129 Å². The Morgan fingerprint density at radius 1 is 0.821 bits per heavy atom. The molecular formula is C18H22N4O6. The number of hydrogen-bond donors (Lipinski definition) is 2. The summed E-state index contributed by atoms with van der Waals surface area (Å²) in [6.45, 7) is 3.66. The van der Waals surface area contributed by atoms with Crippen LogP contribution in [0.3, 0.4) is 0 Å². The molecule has 0 fully saturated rings. The van der Waals surface area contributed by atoms with E-state index in [9.17, 15) is 20.2 Å². The molecule has 0 saturated carbocycles. The van der Waals surface area contributed by atoms with Gasteiger partial charge in [0.25, 0.3) is 11.4 Å². The van der Waals surface area contributed by atoms with Crippen molar-refractivity contribution >= 4 is 22.7 Å².